The summed E-state index contributed by atoms with van der Waals surface area (Å²) in [7, 11) is 0. The average molecular weight is 256 g/mol. The lowest BCUT2D eigenvalue weighted by atomic mass is 10.1. The van der Waals surface area contributed by atoms with Gasteiger partial charge in [0.2, 0.25) is 0 Å². The molecule has 0 bridgehead atoms. The molecule has 0 amide bonds. The molecule has 0 aliphatic carbocycles. The number of hydrogen-bond acceptors (Lipinski definition) is 4. The third-order valence-corrected chi connectivity index (χ3v) is 3.52. The Morgan fingerprint density at radius 2 is 2.24 bits per heavy atom. The number of nitrogens with zero attached hydrogens (tertiary/aromatic N) is 2. The number of anilines is 1. The van der Waals surface area contributed by atoms with E-state index in [1.54, 1.807) is 0 Å². The van der Waals surface area contributed by atoms with E-state index in [4.69, 9.17) is 16.3 Å². The molecule has 0 saturated carbocycles. The van der Waals surface area contributed by atoms with E-state index < -0.39 is 0 Å². The van der Waals surface area contributed by atoms with Gasteiger partial charge in [-0.25, -0.2) is 9.97 Å². The molecule has 2 heterocycles. The van der Waals surface area contributed by atoms with Gasteiger partial charge in [0.25, 0.3) is 0 Å². The Kier molecular flexibility index (Phi) is 3.84. The Balaban J connectivity index is 2.22. The summed E-state index contributed by atoms with van der Waals surface area (Å²) in [4.78, 5) is 8.72. The van der Waals surface area contributed by atoms with Crippen LogP contribution in [0.4, 0.5) is 5.82 Å². The van der Waals surface area contributed by atoms with Crippen molar-refractivity contribution < 1.29 is 4.74 Å². The fraction of sp³-hybridized carbons (Fsp3) is 0.667. The van der Waals surface area contributed by atoms with Crippen LogP contribution in [-0.2, 0) is 11.2 Å². The first-order valence-corrected chi connectivity index (χ1v) is 6.40. The van der Waals surface area contributed by atoms with Crippen molar-refractivity contribution in [2.24, 2.45) is 0 Å². The predicted molar refractivity (Wildman–Crippen MR) is 68.6 cm³/mol. The molecule has 94 valence electrons. The summed E-state index contributed by atoms with van der Waals surface area (Å²) in [6, 6.07) is 0.310. The summed E-state index contributed by atoms with van der Waals surface area (Å²) in [5.74, 6) is 1.61. The average Bonchev–Trinajstić information content (AvgIpc) is 2.70. The van der Waals surface area contributed by atoms with Gasteiger partial charge in [0.1, 0.15) is 16.8 Å². The van der Waals surface area contributed by atoms with Crippen LogP contribution in [0.1, 0.15) is 31.7 Å². The minimum absolute atomic E-state index is 0.216. The largest absolute Gasteiger partial charge is 0.376 e. The number of aryl methyl sites for hydroxylation is 1. The molecule has 1 aliphatic heterocycles. The number of hydrogen-bond donors (Lipinski definition) is 1. The van der Waals surface area contributed by atoms with Crippen molar-refractivity contribution in [1.82, 2.24) is 9.97 Å². The van der Waals surface area contributed by atoms with E-state index in [9.17, 15) is 0 Å². The fourth-order valence-corrected chi connectivity index (χ4v) is 2.12. The van der Waals surface area contributed by atoms with Crippen molar-refractivity contribution in [1.29, 1.82) is 0 Å². The standard InChI is InChI=1S/C12H18ClN3O/c1-4-10-15-11(13)7(2)12(16-10)14-9-5-6-17-8(9)3/h8-9H,4-6H2,1-3H3,(H,14,15,16). The van der Waals surface area contributed by atoms with E-state index in [2.05, 4.69) is 22.2 Å². The highest BCUT2D eigenvalue weighted by Crippen LogP contribution is 2.24. The molecule has 1 aromatic rings. The summed E-state index contributed by atoms with van der Waals surface area (Å²) >= 11 is 6.10. The van der Waals surface area contributed by atoms with Gasteiger partial charge in [-0.3, -0.25) is 0 Å². The monoisotopic (exact) mass is 255 g/mol. The Morgan fingerprint density at radius 1 is 1.47 bits per heavy atom. The topological polar surface area (TPSA) is 47.0 Å². The van der Waals surface area contributed by atoms with Crippen LogP contribution in [0, 0.1) is 6.92 Å². The first kappa shape index (κ1) is 12.6. The third kappa shape index (κ3) is 2.69. The van der Waals surface area contributed by atoms with Gasteiger partial charge >= 0.3 is 0 Å². The maximum atomic E-state index is 6.10. The number of ether oxygens (including phenoxy) is 1. The zero-order valence-corrected chi connectivity index (χ0v) is 11.2. The van der Waals surface area contributed by atoms with Crippen molar-refractivity contribution in [3.8, 4) is 0 Å². The smallest absolute Gasteiger partial charge is 0.137 e. The minimum atomic E-state index is 0.216. The Labute approximate surface area is 107 Å². The van der Waals surface area contributed by atoms with Crippen LogP contribution < -0.4 is 5.32 Å². The van der Waals surface area contributed by atoms with Gasteiger partial charge in [0, 0.05) is 18.6 Å². The lowest BCUT2D eigenvalue weighted by Gasteiger charge is -2.18. The molecule has 0 radical (unpaired) electrons. The van der Waals surface area contributed by atoms with Crippen LogP contribution in [-0.4, -0.2) is 28.7 Å². The second-order valence-corrected chi connectivity index (χ2v) is 4.73. The maximum Gasteiger partial charge on any atom is 0.137 e. The van der Waals surface area contributed by atoms with Gasteiger partial charge in [0.15, 0.2) is 0 Å². The van der Waals surface area contributed by atoms with Crippen molar-refractivity contribution in [3.63, 3.8) is 0 Å². The van der Waals surface area contributed by atoms with Crippen molar-refractivity contribution in [3.05, 3.63) is 16.5 Å². The van der Waals surface area contributed by atoms with E-state index in [-0.39, 0.29) is 6.10 Å². The van der Waals surface area contributed by atoms with Gasteiger partial charge < -0.3 is 10.1 Å². The first-order chi connectivity index (χ1) is 8.11. The van der Waals surface area contributed by atoms with Gasteiger partial charge in [-0.1, -0.05) is 18.5 Å². The van der Waals surface area contributed by atoms with Gasteiger partial charge in [-0.05, 0) is 20.3 Å². The molecule has 1 fully saturated rings. The normalized spacial score (nSPS) is 24.0. The second kappa shape index (κ2) is 5.19. The summed E-state index contributed by atoms with van der Waals surface area (Å²) < 4.78 is 5.53. The third-order valence-electron chi connectivity index (χ3n) is 3.15. The van der Waals surface area contributed by atoms with E-state index in [0.717, 1.165) is 36.7 Å². The molecule has 2 unspecified atom stereocenters. The van der Waals surface area contributed by atoms with E-state index in [1.807, 2.05) is 13.8 Å². The van der Waals surface area contributed by atoms with E-state index in [1.165, 1.54) is 0 Å². The molecule has 17 heavy (non-hydrogen) atoms. The van der Waals surface area contributed by atoms with Crippen molar-refractivity contribution in [2.45, 2.75) is 45.8 Å². The molecular formula is C12H18ClN3O. The van der Waals surface area contributed by atoms with Gasteiger partial charge in [-0.2, -0.15) is 0 Å². The maximum absolute atomic E-state index is 6.10. The number of nitrogens with one attached hydrogen (secondary N) is 1. The molecule has 1 N–H and O–H groups in total. The van der Waals surface area contributed by atoms with Gasteiger partial charge in [-0.15, -0.1) is 0 Å². The lowest BCUT2D eigenvalue weighted by Crippen LogP contribution is -2.27. The van der Waals surface area contributed by atoms with Crippen LogP contribution in [0.3, 0.4) is 0 Å². The highest BCUT2D eigenvalue weighted by atomic mass is 35.5. The van der Waals surface area contributed by atoms with Crippen LogP contribution in [0.15, 0.2) is 0 Å². The van der Waals surface area contributed by atoms with Crippen molar-refractivity contribution in [2.75, 3.05) is 11.9 Å². The fourth-order valence-electron chi connectivity index (χ4n) is 1.93. The summed E-state index contributed by atoms with van der Waals surface area (Å²) in [5, 5.41) is 3.95. The van der Waals surface area contributed by atoms with Crippen LogP contribution in [0.25, 0.3) is 0 Å². The van der Waals surface area contributed by atoms with Crippen LogP contribution >= 0.6 is 11.6 Å². The molecule has 2 rings (SSSR count). The molecule has 1 aliphatic rings. The SMILES string of the molecule is CCc1nc(Cl)c(C)c(NC2CCOC2C)n1. The van der Waals surface area contributed by atoms with Crippen LogP contribution in [0.2, 0.25) is 5.15 Å². The highest BCUT2D eigenvalue weighted by Gasteiger charge is 2.25. The van der Waals surface area contributed by atoms with Crippen LogP contribution in [0.5, 0.6) is 0 Å². The molecule has 1 saturated heterocycles. The minimum Gasteiger partial charge on any atom is -0.376 e. The Morgan fingerprint density at radius 3 is 2.82 bits per heavy atom. The molecule has 2 atom stereocenters. The quantitative estimate of drug-likeness (QED) is 0.844. The zero-order chi connectivity index (χ0) is 12.4. The summed E-state index contributed by atoms with van der Waals surface area (Å²) in [5.41, 5.74) is 0.906. The van der Waals surface area contributed by atoms with Gasteiger partial charge in [0.05, 0.1) is 12.1 Å². The predicted octanol–water partition coefficient (Wildman–Crippen LogP) is 2.59. The summed E-state index contributed by atoms with van der Waals surface area (Å²) in [6.45, 7) is 6.83. The molecule has 4 nitrogen and oxygen atoms in total. The van der Waals surface area contributed by atoms with Crippen molar-refractivity contribution >= 4 is 17.4 Å². The lowest BCUT2D eigenvalue weighted by molar-refractivity contribution is 0.121. The second-order valence-electron chi connectivity index (χ2n) is 4.37. The van der Waals surface area contributed by atoms with E-state index >= 15 is 0 Å². The molecule has 1 aromatic heterocycles. The van der Waals surface area contributed by atoms with E-state index in [0.29, 0.717) is 11.2 Å². The zero-order valence-electron chi connectivity index (χ0n) is 10.5. The molecule has 0 spiro atoms. The Bertz CT molecular complexity index is 411. The summed E-state index contributed by atoms with van der Waals surface area (Å²) in [6.07, 6.45) is 2.00. The number of rotatable bonds is 3. The molecule has 5 heteroatoms. The molecule has 0 aromatic carbocycles. The highest BCUT2D eigenvalue weighted by molar-refractivity contribution is 6.30. The molecular weight excluding hydrogens is 238 g/mol. The Hall–Kier alpha value is -0.870. The first-order valence-electron chi connectivity index (χ1n) is 6.03. The number of halogens is 1. The number of aromatic nitrogens is 2.